The van der Waals surface area contributed by atoms with Crippen LogP contribution in [0.15, 0.2) is 72.8 Å². The number of thioether (sulfide) groups is 1. The maximum absolute atomic E-state index is 12.1. The average Bonchev–Trinajstić information content (AvgIpc) is 3.23. The molecule has 10 nitrogen and oxygen atoms in total. The van der Waals surface area contributed by atoms with E-state index >= 15 is 0 Å². The number of aliphatic hydroxyl groups is 1. The number of carbonyl (C=O) groups is 3. The Balaban J connectivity index is 1.49. The largest absolute Gasteiger partial charge is 0.489 e. The average molecular weight is 552 g/mol. The van der Waals surface area contributed by atoms with Crippen molar-refractivity contribution in [3.63, 3.8) is 0 Å². The summed E-state index contributed by atoms with van der Waals surface area (Å²) < 4.78 is 12.0. The molecule has 0 aromatic heterocycles. The number of nitrogens with zero attached hydrogens (tertiary/aromatic N) is 1. The molecule has 3 aromatic carbocycles. The molecule has 1 aliphatic rings. The molecule has 1 unspecified atom stereocenters. The highest BCUT2D eigenvalue weighted by atomic mass is 32.2. The standard InChI is InChI=1S/C28H29N3O7S/c1-18(32)16-31(28(35)36)14-13-19-7-12-23(29-26-25(33)30-27(34)39-26)24(15-19)38-22-10-8-21(9-11-22)37-17-20-5-3-2-4-6-20/h2-12,15,18,26,29,32H,13-14,16-17H2,1H3,(H,35,36)(H,30,33,34)/t18-,26?/m0/s1. The predicted octanol–water partition coefficient (Wildman–Crippen LogP) is 4.68. The Bertz CT molecular complexity index is 1300. The first-order valence-electron chi connectivity index (χ1n) is 12.3. The quantitative estimate of drug-likeness (QED) is 0.253. The van der Waals surface area contributed by atoms with Gasteiger partial charge in [0.05, 0.1) is 11.8 Å². The summed E-state index contributed by atoms with van der Waals surface area (Å²) in [6, 6.07) is 22.2. The third-order valence-electron chi connectivity index (χ3n) is 5.75. The number of ether oxygens (including phenoxy) is 2. The van der Waals surface area contributed by atoms with E-state index in [1.807, 2.05) is 30.3 Å². The molecule has 4 rings (SSSR count). The van der Waals surface area contributed by atoms with E-state index in [1.165, 1.54) is 6.92 Å². The molecular weight excluding hydrogens is 522 g/mol. The summed E-state index contributed by atoms with van der Waals surface area (Å²) in [6.07, 6.45) is -1.53. The predicted molar refractivity (Wildman–Crippen MR) is 147 cm³/mol. The van der Waals surface area contributed by atoms with Gasteiger partial charge in [0.15, 0.2) is 11.1 Å². The second-order valence-electron chi connectivity index (χ2n) is 8.92. The van der Waals surface area contributed by atoms with Gasteiger partial charge >= 0.3 is 6.09 Å². The molecule has 0 aliphatic carbocycles. The van der Waals surface area contributed by atoms with Crippen LogP contribution in [0.1, 0.15) is 18.1 Å². The van der Waals surface area contributed by atoms with Gasteiger partial charge in [0.1, 0.15) is 18.1 Å². The number of carbonyl (C=O) groups excluding carboxylic acids is 2. The molecule has 204 valence electrons. The maximum Gasteiger partial charge on any atom is 0.407 e. The van der Waals surface area contributed by atoms with Crippen molar-refractivity contribution in [1.82, 2.24) is 10.2 Å². The topological polar surface area (TPSA) is 137 Å². The van der Waals surface area contributed by atoms with Crippen molar-refractivity contribution in [2.24, 2.45) is 0 Å². The Hall–Kier alpha value is -4.22. The number of amides is 3. The molecule has 1 fully saturated rings. The van der Waals surface area contributed by atoms with Crippen LogP contribution < -0.4 is 20.1 Å². The SMILES string of the molecule is C[C@H](O)CN(CCc1ccc(NC2SC(=O)NC2=O)c(Oc2ccc(OCc3ccccc3)cc2)c1)C(=O)O. The first kappa shape index (κ1) is 27.8. The minimum absolute atomic E-state index is 0.000928. The second-order valence-corrected chi connectivity index (χ2v) is 10.0. The van der Waals surface area contributed by atoms with Crippen LogP contribution >= 0.6 is 11.8 Å². The Morgan fingerprint density at radius 1 is 1.05 bits per heavy atom. The number of aliphatic hydroxyl groups excluding tert-OH is 1. The summed E-state index contributed by atoms with van der Waals surface area (Å²) in [7, 11) is 0. The lowest BCUT2D eigenvalue weighted by Crippen LogP contribution is -2.36. The molecule has 39 heavy (non-hydrogen) atoms. The molecule has 0 spiro atoms. The first-order valence-corrected chi connectivity index (χ1v) is 13.2. The number of imide groups is 1. The lowest BCUT2D eigenvalue weighted by atomic mass is 10.1. The number of hydrogen-bond acceptors (Lipinski definition) is 8. The summed E-state index contributed by atoms with van der Waals surface area (Å²) >= 11 is 0.838. The molecule has 3 aromatic rings. The molecule has 2 atom stereocenters. The van der Waals surface area contributed by atoms with Crippen molar-refractivity contribution in [2.45, 2.75) is 31.4 Å². The van der Waals surface area contributed by atoms with E-state index < -0.39 is 28.7 Å². The van der Waals surface area contributed by atoms with Crippen molar-refractivity contribution in [3.05, 3.63) is 83.9 Å². The third kappa shape index (κ3) is 8.13. The molecule has 11 heteroatoms. The smallest absolute Gasteiger partial charge is 0.407 e. The van der Waals surface area contributed by atoms with E-state index in [0.29, 0.717) is 36.0 Å². The number of benzene rings is 3. The normalized spacial score (nSPS) is 15.4. The first-order chi connectivity index (χ1) is 18.8. The van der Waals surface area contributed by atoms with Gasteiger partial charge < -0.3 is 29.9 Å². The van der Waals surface area contributed by atoms with E-state index in [1.54, 1.807) is 42.5 Å². The van der Waals surface area contributed by atoms with Gasteiger partial charge in [0, 0.05) is 13.1 Å². The molecule has 3 amide bonds. The zero-order chi connectivity index (χ0) is 27.8. The summed E-state index contributed by atoms with van der Waals surface area (Å²) in [5, 5.41) is 23.1. The summed E-state index contributed by atoms with van der Waals surface area (Å²) in [6.45, 7) is 2.13. The van der Waals surface area contributed by atoms with Crippen LogP contribution in [0.25, 0.3) is 0 Å². The number of rotatable bonds is 12. The molecule has 0 radical (unpaired) electrons. The fraction of sp³-hybridized carbons (Fsp3) is 0.250. The van der Waals surface area contributed by atoms with Crippen LogP contribution in [0.2, 0.25) is 0 Å². The Morgan fingerprint density at radius 3 is 2.41 bits per heavy atom. The van der Waals surface area contributed by atoms with Gasteiger partial charge in [0.2, 0.25) is 0 Å². The van der Waals surface area contributed by atoms with Crippen LogP contribution in [0.5, 0.6) is 17.2 Å². The number of anilines is 1. The fourth-order valence-corrected chi connectivity index (χ4v) is 4.56. The van der Waals surface area contributed by atoms with Crippen LogP contribution in [0.4, 0.5) is 15.3 Å². The Kier molecular flexibility index (Phi) is 9.29. The molecule has 1 aliphatic heterocycles. The summed E-state index contributed by atoms with van der Waals surface area (Å²) in [4.78, 5) is 36.4. The highest BCUT2D eigenvalue weighted by Gasteiger charge is 2.32. The van der Waals surface area contributed by atoms with Crippen LogP contribution in [0, 0.1) is 0 Å². The highest BCUT2D eigenvalue weighted by molar-refractivity contribution is 8.15. The lowest BCUT2D eigenvalue weighted by molar-refractivity contribution is -0.118. The van der Waals surface area contributed by atoms with Gasteiger partial charge in [-0.25, -0.2) is 4.79 Å². The lowest BCUT2D eigenvalue weighted by Gasteiger charge is -2.21. The molecule has 0 bridgehead atoms. The molecule has 1 saturated heterocycles. The van der Waals surface area contributed by atoms with Crippen molar-refractivity contribution < 1.29 is 34.1 Å². The highest BCUT2D eigenvalue weighted by Crippen LogP contribution is 2.34. The van der Waals surface area contributed by atoms with Gasteiger partial charge in [-0.2, -0.15) is 0 Å². The van der Waals surface area contributed by atoms with Gasteiger partial charge in [-0.05, 0) is 72.6 Å². The minimum Gasteiger partial charge on any atom is -0.489 e. The van der Waals surface area contributed by atoms with E-state index in [4.69, 9.17) is 9.47 Å². The maximum atomic E-state index is 12.1. The molecule has 1 heterocycles. The van der Waals surface area contributed by atoms with Gasteiger partial charge in [-0.3, -0.25) is 14.9 Å². The molecular formula is C28H29N3O7S. The number of nitrogens with one attached hydrogen (secondary N) is 2. The summed E-state index contributed by atoms with van der Waals surface area (Å²) in [5.41, 5.74) is 2.33. The van der Waals surface area contributed by atoms with E-state index in [-0.39, 0.29) is 13.1 Å². The number of carboxylic acid groups (broad SMARTS) is 1. The molecule has 4 N–H and O–H groups in total. The van der Waals surface area contributed by atoms with Gasteiger partial charge in [0.25, 0.3) is 11.1 Å². The van der Waals surface area contributed by atoms with Crippen molar-refractivity contribution in [1.29, 1.82) is 0 Å². The van der Waals surface area contributed by atoms with Crippen molar-refractivity contribution in [3.8, 4) is 17.2 Å². The number of hydrogen-bond donors (Lipinski definition) is 4. The van der Waals surface area contributed by atoms with E-state index in [0.717, 1.165) is 27.8 Å². The van der Waals surface area contributed by atoms with Crippen LogP contribution in [0.3, 0.4) is 0 Å². The van der Waals surface area contributed by atoms with Crippen LogP contribution in [-0.2, 0) is 17.8 Å². The summed E-state index contributed by atoms with van der Waals surface area (Å²) in [5.74, 6) is 1.14. The van der Waals surface area contributed by atoms with Crippen molar-refractivity contribution in [2.75, 3.05) is 18.4 Å². The minimum atomic E-state index is -1.12. The Labute approximate surface area is 229 Å². The van der Waals surface area contributed by atoms with Crippen molar-refractivity contribution >= 4 is 34.7 Å². The van der Waals surface area contributed by atoms with Gasteiger partial charge in [-0.15, -0.1) is 0 Å². The fourth-order valence-electron chi connectivity index (χ4n) is 3.84. The monoisotopic (exact) mass is 551 g/mol. The zero-order valence-corrected chi connectivity index (χ0v) is 22.0. The van der Waals surface area contributed by atoms with Gasteiger partial charge in [-0.1, -0.05) is 36.4 Å². The third-order valence-corrected chi connectivity index (χ3v) is 6.63. The Morgan fingerprint density at radius 2 is 1.77 bits per heavy atom. The van der Waals surface area contributed by atoms with Crippen LogP contribution in [-0.4, -0.2) is 56.9 Å². The molecule has 0 saturated carbocycles. The van der Waals surface area contributed by atoms with E-state index in [9.17, 15) is 24.6 Å². The zero-order valence-electron chi connectivity index (χ0n) is 21.2. The van der Waals surface area contributed by atoms with E-state index in [2.05, 4.69) is 10.6 Å². The second kappa shape index (κ2) is 13.0.